The SMILES string of the molecule is CCN(C(=O)Nc1cccc(OC)c1)C(C)(C)C. The molecule has 0 spiro atoms. The molecule has 0 aliphatic carbocycles. The molecule has 0 unspecified atom stereocenters. The predicted octanol–water partition coefficient (Wildman–Crippen LogP) is 3.35. The van der Waals surface area contributed by atoms with Crippen molar-refractivity contribution in [3.05, 3.63) is 24.3 Å². The van der Waals surface area contributed by atoms with Crippen LogP contribution in [0, 0.1) is 0 Å². The van der Waals surface area contributed by atoms with Crippen LogP contribution < -0.4 is 10.1 Å². The summed E-state index contributed by atoms with van der Waals surface area (Å²) in [5.74, 6) is 0.728. The molecule has 0 bridgehead atoms. The third kappa shape index (κ3) is 3.65. The van der Waals surface area contributed by atoms with Crippen LogP contribution in [-0.2, 0) is 0 Å². The van der Waals surface area contributed by atoms with E-state index < -0.39 is 0 Å². The molecule has 4 nitrogen and oxygen atoms in total. The van der Waals surface area contributed by atoms with Gasteiger partial charge in [-0.1, -0.05) is 6.07 Å². The van der Waals surface area contributed by atoms with Gasteiger partial charge < -0.3 is 15.0 Å². The molecule has 1 aromatic rings. The van der Waals surface area contributed by atoms with Gasteiger partial charge in [0.05, 0.1) is 7.11 Å². The van der Waals surface area contributed by atoms with Crippen molar-refractivity contribution in [1.29, 1.82) is 0 Å². The van der Waals surface area contributed by atoms with Gasteiger partial charge in [-0.15, -0.1) is 0 Å². The number of methoxy groups -OCH3 is 1. The van der Waals surface area contributed by atoms with E-state index in [0.29, 0.717) is 6.54 Å². The zero-order chi connectivity index (χ0) is 13.8. The van der Waals surface area contributed by atoms with Crippen molar-refractivity contribution in [3.63, 3.8) is 0 Å². The molecule has 2 amide bonds. The highest BCUT2D eigenvalue weighted by Gasteiger charge is 2.24. The third-order valence-corrected chi connectivity index (χ3v) is 2.69. The van der Waals surface area contributed by atoms with Crippen LogP contribution in [0.4, 0.5) is 10.5 Å². The Balaban J connectivity index is 2.80. The van der Waals surface area contributed by atoms with E-state index >= 15 is 0 Å². The van der Waals surface area contributed by atoms with Gasteiger partial charge in [-0.05, 0) is 39.8 Å². The van der Waals surface area contributed by atoms with Crippen molar-refractivity contribution in [3.8, 4) is 5.75 Å². The average Bonchev–Trinajstić information content (AvgIpc) is 2.28. The molecule has 0 aromatic heterocycles. The molecule has 1 aromatic carbocycles. The van der Waals surface area contributed by atoms with Gasteiger partial charge >= 0.3 is 6.03 Å². The minimum Gasteiger partial charge on any atom is -0.497 e. The van der Waals surface area contributed by atoms with Crippen molar-refractivity contribution in [1.82, 2.24) is 4.90 Å². The van der Waals surface area contributed by atoms with Gasteiger partial charge in [0.25, 0.3) is 0 Å². The summed E-state index contributed by atoms with van der Waals surface area (Å²) in [6, 6.07) is 7.24. The fourth-order valence-corrected chi connectivity index (χ4v) is 1.81. The second kappa shape index (κ2) is 5.76. The van der Waals surface area contributed by atoms with E-state index in [4.69, 9.17) is 4.74 Å². The molecule has 0 aliphatic heterocycles. The zero-order valence-electron chi connectivity index (χ0n) is 11.8. The second-order valence-electron chi connectivity index (χ2n) is 5.08. The summed E-state index contributed by atoms with van der Waals surface area (Å²) in [5, 5.41) is 2.88. The Morgan fingerprint density at radius 3 is 2.56 bits per heavy atom. The summed E-state index contributed by atoms with van der Waals surface area (Å²) in [4.78, 5) is 13.9. The van der Waals surface area contributed by atoms with Crippen LogP contribution in [0.5, 0.6) is 5.75 Å². The lowest BCUT2D eigenvalue weighted by Crippen LogP contribution is -2.47. The van der Waals surface area contributed by atoms with E-state index in [1.165, 1.54) is 0 Å². The molecular formula is C14H22N2O2. The summed E-state index contributed by atoms with van der Waals surface area (Å²) in [5.41, 5.74) is 0.541. The van der Waals surface area contributed by atoms with E-state index in [1.807, 2.05) is 45.9 Å². The highest BCUT2D eigenvalue weighted by molar-refractivity contribution is 5.90. The van der Waals surface area contributed by atoms with Gasteiger partial charge in [-0.2, -0.15) is 0 Å². The smallest absolute Gasteiger partial charge is 0.322 e. The van der Waals surface area contributed by atoms with Crippen molar-refractivity contribution in [2.75, 3.05) is 19.0 Å². The summed E-state index contributed by atoms with van der Waals surface area (Å²) < 4.78 is 5.13. The van der Waals surface area contributed by atoms with E-state index in [1.54, 1.807) is 18.1 Å². The van der Waals surface area contributed by atoms with E-state index in [9.17, 15) is 4.79 Å². The molecule has 100 valence electrons. The Labute approximate surface area is 109 Å². The van der Waals surface area contributed by atoms with Crippen LogP contribution >= 0.6 is 0 Å². The van der Waals surface area contributed by atoms with Gasteiger partial charge in [0.15, 0.2) is 0 Å². The number of carbonyl (C=O) groups is 1. The number of hydrogen-bond acceptors (Lipinski definition) is 2. The van der Waals surface area contributed by atoms with Crippen molar-refractivity contribution >= 4 is 11.7 Å². The molecule has 0 saturated heterocycles. The number of carbonyl (C=O) groups excluding carboxylic acids is 1. The number of nitrogens with one attached hydrogen (secondary N) is 1. The van der Waals surface area contributed by atoms with Crippen LogP contribution in [0.15, 0.2) is 24.3 Å². The Bertz CT molecular complexity index is 411. The topological polar surface area (TPSA) is 41.6 Å². The minimum absolute atomic E-state index is 0.0988. The molecule has 0 saturated carbocycles. The van der Waals surface area contributed by atoms with Crippen LogP contribution in [0.25, 0.3) is 0 Å². The number of anilines is 1. The van der Waals surface area contributed by atoms with Gasteiger partial charge in [-0.3, -0.25) is 0 Å². The first-order valence-electron chi connectivity index (χ1n) is 6.11. The maximum absolute atomic E-state index is 12.2. The van der Waals surface area contributed by atoms with Crippen LogP contribution in [0.2, 0.25) is 0 Å². The number of ether oxygens (including phenoxy) is 1. The molecule has 0 fully saturated rings. The Kier molecular flexibility index (Phi) is 4.59. The minimum atomic E-state index is -0.197. The normalized spacial score (nSPS) is 10.9. The van der Waals surface area contributed by atoms with Crippen LogP contribution in [-0.4, -0.2) is 30.1 Å². The number of rotatable bonds is 3. The number of hydrogen-bond donors (Lipinski definition) is 1. The number of nitrogens with zero attached hydrogens (tertiary/aromatic N) is 1. The monoisotopic (exact) mass is 250 g/mol. The van der Waals surface area contributed by atoms with Crippen molar-refractivity contribution in [2.45, 2.75) is 33.2 Å². The maximum atomic E-state index is 12.2. The predicted molar refractivity (Wildman–Crippen MR) is 74.1 cm³/mol. The molecule has 4 heteroatoms. The number of amides is 2. The Morgan fingerprint density at radius 2 is 2.06 bits per heavy atom. The summed E-state index contributed by atoms with van der Waals surface area (Å²) >= 11 is 0. The molecular weight excluding hydrogens is 228 g/mol. The molecule has 1 N–H and O–H groups in total. The van der Waals surface area contributed by atoms with Crippen molar-refractivity contribution < 1.29 is 9.53 Å². The summed E-state index contributed by atoms with van der Waals surface area (Å²) in [7, 11) is 1.61. The maximum Gasteiger partial charge on any atom is 0.322 e. The second-order valence-corrected chi connectivity index (χ2v) is 5.08. The standard InChI is InChI=1S/C14H22N2O2/c1-6-16(14(2,3)4)13(17)15-11-8-7-9-12(10-11)18-5/h7-10H,6H2,1-5H3,(H,15,17). The first-order chi connectivity index (χ1) is 8.38. The van der Waals surface area contributed by atoms with Crippen molar-refractivity contribution in [2.24, 2.45) is 0 Å². The van der Waals surface area contributed by atoms with Crippen LogP contribution in [0.3, 0.4) is 0 Å². The lowest BCUT2D eigenvalue weighted by molar-refractivity contribution is 0.162. The van der Waals surface area contributed by atoms with E-state index in [0.717, 1.165) is 11.4 Å². The number of benzene rings is 1. The fourth-order valence-electron chi connectivity index (χ4n) is 1.81. The molecule has 0 radical (unpaired) electrons. The number of urea groups is 1. The van der Waals surface area contributed by atoms with E-state index in [-0.39, 0.29) is 11.6 Å². The van der Waals surface area contributed by atoms with Crippen LogP contribution in [0.1, 0.15) is 27.7 Å². The zero-order valence-corrected chi connectivity index (χ0v) is 11.8. The molecule has 1 rings (SSSR count). The molecule has 18 heavy (non-hydrogen) atoms. The van der Waals surface area contributed by atoms with Gasteiger partial charge in [-0.25, -0.2) is 4.79 Å². The van der Waals surface area contributed by atoms with Gasteiger partial charge in [0.2, 0.25) is 0 Å². The van der Waals surface area contributed by atoms with E-state index in [2.05, 4.69) is 5.32 Å². The average molecular weight is 250 g/mol. The van der Waals surface area contributed by atoms with Gasteiger partial charge in [0, 0.05) is 23.8 Å². The summed E-state index contributed by atoms with van der Waals surface area (Å²) in [6.45, 7) is 8.68. The fraction of sp³-hybridized carbons (Fsp3) is 0.500. The Morgan fingerprint density at radius 1 is 1.39 bits per heavy atom. The highest BCUT2D eigenvalue weighted by atomic mass is 16.5. The molecule has 0 atom stereocenters. The third-order valence-electron chi connectivity index (χ3n) is 2.69. The highest BCUT2D eigenvalue weighted by Crippen LogP contribution is 2.19. The summed E-state index contributed by atoms with van der Waals surface area (Å²) in [6.07, 6.45) is 0. The first kappa shape index (κ1) is 14.4. The largest absolute Gasteiger partial charge is 0.497 e. The van der Waals surface area contributed by atoms with Gasteiger partial charge in [0.1, 0.15) is 5.75 Å². The molecule has 0 aliphatic rings. The molecule has 0 heterocycles. The lowest BCUT2D eigenvalue weighted by atomic mass is 10.1. The lowest BCUT2D eigenvalue weighted by Gasteiger charge is -2.34. The quantitative estimate of drug-likeness (QED) is 0.893. The Hall–Kier alpha value is -1.71. The first-order valence-corrected chi connectivity index (χ1v) is 6.11.